The molecule has 18 nitrogen and oxygen atoms in total. The summed E-state index contributed by atoms with van der Waals surface area (Å²) in [7, 11) is 0. The fourth-order valence-corrected chi connectivity index (χ4v) is 9.52. The molecule has 4 aromatic heterocycles. The number of nitrogens with zero attached hydrogens (tertiary/aromatic N) is 10. The zero-order valence-corrected chi connectivity index (χ0v) is 45.0. The number of benzene rings is 6. The van der Waals surface area contributed by atoms with Crippen molar-refractivity contribution >= 4 is 80.2 Å². The molecule has 0 saturated carbocycles. The van der Waals surface area contributed by atoms with Crippen LogP contribution in [0.25, 0.3) is 33.7 Å². The van der Waals surface area contributed by atoms with Gasteiger partial charge in [-0.3, -0.25) is 18.7 Å². The van der Waals surface area contributed by atoms with Crippen LogP contribution < -0.4 is 31.1 Å². The van der Waals surface area contributed by atoms with Gasteiger partial charge < -0.3 is 40.5 Å². The zero-order chi connectivity index (χ0) is 58.5. The van der Waals surface area contributed by atoms with Gasteiger partial charge in [0, 0.05) is 72.2 Å². The molecule has 2 saturated heterocycles. The minimum absolute atomic E-state index is 0.0958. The van der Waals surface area contributed by atoms with Crippen molar-refractivity contribution in [3.8, 4) is 11.6 Å². The number of anilines is 8. The number of halogens is 6. The zero-order valence-electron chi connectivity index (χ0n) is 45.0. The number of aryl methyl sites for hydroxylation is 2. The maximum Gasteiger partial charge on any atom is 0.416 e. The first kappa shape index (κ1) is 55.9. The van der Waals surface area contributed by atoms with Crippen LogP contribution in [0.3, 0.4) is 0 Å². The molecule has 0 aliphatic carbocycles. The number of ether oxygens (including phenoxy) is 2. The van der Waals surface area contributed by atoms with Crippen LogP contribution in [-0.4, -0.2) is 103 Å². The number of hydrogen-bond donors (Lipinski definition) is 4. The van der Waals surface area contributed by atoms with E-state index in [1.165, 1.54) is 36.9 Å². The first-order chi connectivity index (χ1) is 40.5. The van der Waals surface area contributed by atoms with Crippen molar-refractivity contribution in [1.82, 2.24) is 39.0 Å². The number of alkyl halides is 6. The highest BCUT2D eigenvalue weighted by atomic mass is 19.4. The van der Waals surface area contributed by atoms with Crippen LogP contribution in [0.1, 0.15) is 43.0 Å². The maximum atomic E-state index is 13.1. The molecule has 0 bridgehead atoms. The summed E-state index contributed by atoms with van der Waals surface area (Å²) in [6, 6.07) is 38.2. The van der Waals surface area contributed by atoms with Crippen molar-refractivity contribution in [1.29, 1.82) is 0 Å². The number of carbonyl (C=O) groups is 2. The van der Waals surface area contributed by atoms with Gasteiger partial charge in [0.05, 0.1) is 59.6 Å². The number of para-hydroxylation sites is 4. The van der Waals surface area contributed by atoms with Gasteiger partial charge in [-0.2, -0.15) is 26.3 Å². The van der Waals surface area contributed by atoms with Gasteiger partial charge in [0.25, 0.3) is 11.8 Å². The van der Waals surface area contributed by atoms with Crippen molar-refractivity contribution < 1.29 is 45.4 Å². The first-order valence-electron chi connectivity index (χ1n) is 26.5. The first-order valence-corrected chi connectivity index (χ1v) is 26.5. The van der Waals surface area contributed by atoms with E-state index >= 15 is 0 Å². The van der Waals surface area contributed by atoms with Crippen molar-refractivity contribution in [3.63, 3.8) is 0 Å². The second kappa shape index (κ2) is 23.9. The van der Waals surface area contributed by atoms with Crippen molar-refractivity contribution in [2.24, 2.45) is 0 Å². The van der Waals surface area contributed by atoms with E-state index in [4.69, 9.17) is 19.4 Å². The molecule has 2 aliphatic heterocycles. The monoisotopic (exact) mass is 1150 g/mol. The summed E-state index contributed by atoms with van der Waals surface area (Å²) in [6.45, 7) is 9.20. The van der Waals surface area contributed by atoms with E-state index in [-0.39, 0.29) is 11.1 Å². The SMILES string of the molecule is Cc1ccc(NC(=O)c2cccc(C(F)(F)F)c2)cc1Nc1nc2ccccc2n1-c1cc(N2CCOCC2)ncn1.Cc1ccc(NC(=O)c2cccc(C(F)(F)F)c2)cc1Nc1nc2ccccc2n1-c1cc(N2CCOCC2)ncn1. The molecule has 6 aromatic carbocycles. The molecule has 2 amide bonds. The molecular formula is C60H52F6N14O4. The number of nitrogens with one attached hydrogen (secondary N) is 4. The van der Waals surface area contributed by atoms with Crippen LogP contribution in [-0.2, 0) is 21.8 Å². The Bertz CT molecular complexity index is 3790. The highest BCUT2D eigenvalue weighted by Gasteiger charge is 2.32. The number of carbonyl (C=O) groups excluding carboxylic acids is 2. The summed E-state index contributed by atoms with van der Waals surface area (Å²) in [4.78, 5) is 57.6. The van der Waals surface area contributed by atoms with Gasteiger partial charge in [0.2, 0.25) is 11.9 Å². The molecule has 24 heteroatoms. The smallest absolute Gasteiger partial charge is 0.378 e. The van der Waals surface area contributed by atoms with Crippen molar-refractivity contribution in [3.05, 3.63) is 192 Å². The molecule has 0 radical (unpaired) electrons. The van der Waals surface area contributed by atoms with Crippen LogP contribution in [0, 0.1) is 13.8 Å². The van der Waals surface area contributed by atoms with Gasteiger partial charge in [-0.15, -0.1) is 0 Å². The lowest BCUT2D eigenvalue weighted by atomic mass is 10.1. The number of hydrogen-bond acceptors (Lipinski definition) is 14. The Labute approximate surface area is 476 Å². The lowest BCUT2D eigenvalue weighted by molar-refractivity contribution is -0.138. The number of morpholine rings is 2. The van der Waals surface area contributed by atoms with Gasteiger partial charge in [-0.05, 0) is 110 Å². The van der Waals surface area contributed by atoms with E-state index in [0.29, 0.717) is 72.7 Å². The van der Waals surface area contributed by atoms with Crippen molar-refractivity contribution in [2.45, 2.75) is 26.2 Å². The summed E-state index contributed by atoms with van der Waals surface area (Å²) in [5.41, 5.74) is 5.03. The van der Waals surface area contributed by atoms with Gasteiger partial charge in [-0.25, -0.2) is 29.9 Å². The van der Waals surface area contributed by atoms with Gasteiger partial charge in [0.1, 0.15) is 35.9 Å². The second-order valence-electron chi connectivity index (χ2n) is 19.6. The number of aromatic nitrogens is 8. The third-order valence-electron chi connectivity index (χ3n) is 13.9. The molecule has 4 N–H and O–H groups in total. The molecular weight excluding hydrogens is 1090 g/mol. The fourth-order valence-electron chi connectivity index (χ4n) is 9.52. The molecule has 428 valence electrons. The fraction of sp³-hybridized carbons (Fsp3) is 0.200. The standard InChI is InChI=1S/2C30H26F3N7O2/c2*1-19-9-10-22(36-28(41)20-5-4-6-21(15-20)30(31,32)33)16-24(19)38-29-37-23-7-2-3-8-25(23)40(29)27-17-26(34-18-35-27)39-11-13-42-14-12-39/h2*2-10,15-18H,11-14H2,1H3,(H,36,41)(H,37,38). The van der Waals surface area contributed by atoms with Crippen LogP contribution >= 0.6 is 0 Å². The Kier molecular flexibility index (Phi) is 15.9. The van der Waals surface area contributed by atoms with E-state index in [2.05, 4.69) is 51.0 Å². The molecule has 2 fully saturated rings. The molecule has 0 atom stereocenters. The van der Waals surface area contributed by atoms with E-state index < -0.39 is 35.3 Å². The Morgan fingerprint density at radius 3 is 1.26 bits per heavy atom. The minimum Gasteiger partial charge on any atom is -0.378 e. The largest absolute Gasteiger partial charge is 0.416 e. The van der Waals surface area contributed by atoms with Gasteiger partial charge in [-0.1, -0.05) is 48.5 Å². The quantitative estimate of drug-likeness (QED) is 0.0844. The highest BCUT2D eigenvalue weighted by molar-refractivity contribution is 6.05. The Morgan fingerprint density at radius 1 is 0.464 bits per heavy atom. The lowest BCUT2D eigenvalue weighted by Crippen LogP contribution is -2.36. The second-order valence-corrected chi connectivity index (χ2v) is 19.6. The number of fused-ring (bicyclic) bond motifs is 2. The Hall–Kier alpha value is -9.94. The third-order valence-corrected chi connectivity index (χ3v) is 13.9. The van der Waals surface area contributed by atoms with Crippen LogP contribution in [0.5, 0.6) is 0 Å². The predicted molar refractivity (Wildman–Crippen MR) is 307 cm³/mol. The van der Waals surface area contributed by atoms with Crippen LogP contribution in [0.2, 0.25) is 0 Å². The van der Waals surface area contributed by atoms with E-state index in [0.717, 1.165) is 95.3 Å². The highest BCUT2D eigenvalue weighted by Crippen LogP contribution is 2.35. The molecule has 6 heterocycles. The van der Waals surface area contributed by atoms with Crippen LogP contribution in [0.15, 0.2) is 158 Å². The normalized spacial score (nSPS) is 13.8. The molecule has 10 aromatic rings. The Morgan fingerprint density at radius 2 is 0.857 bits per heavy atom. The number of imidazole rings is 2. The molecule has 84 heavy (non-hydrogen) atoms. The van der Waals surface area contributed by atoms with Gasteiger partial charge >= 0.3 is 12.4 Å². The topological polar surface area (TPSA) is 194 Å². The van der Waals surface area contributed by atoms with Gasteiger partial charge in [0.15, 0.2) is 0 Å². The Balaban J connectivity index is 0.000000175. The molecule has 0 unspecified atom stereocenters. The van der Waals surface area contributed by atoms with E-state index in [1.807, 2.05) is 83.6 Å². The lowest BCUT2D eigenvalue weighted by Gasteiger charge is -2.27. The average Bonchev–Trinajstić information content (AvgIpc) is 3.80. The summed E-state index contributed by atoms with van der Waals surface area (Å²) < 4.78 is 93.6. The van der Waals surface area contributed by atoms with Crippen LogP contribution in [0.4, 0.5) is 72.6 Å². The van der Waals surface area contributed by atoms with Crippen molar-refractivity contribution in [2.75, 3.05) is 83.7 Å². The summed E-state index contributed by atoms with van der Waals surface area (Å²) in [5.74, 6) is 2.48. The number of rotatable bonds is 12. The summed E-state index contributed by atoms with van der Waals surface area (Å²) in [5, 5.41) is 12.1. The minimum atomic E-state index is -4.55. The molecule has 2 aliphatic rings. The summed E-state index contributed by atoms with van der Waals surface area (Å²) >= 11 is 0. The average molecular weight is 1150 g/mol. The number of amides is 2. The molecule has 0 spiro atoms. The van der Waals surface area contributed by atoms with E-state index in [1.54, 1.807) is 36.4 Å². The molecule has 12 rings (SSSR count). The maximum absolute atomic E-state index is 13.1. The predicted octanol–water partition coefficient (Wildman–Crippen LogP) is 12.0. The summed E-state index contributed by atoms with van der Waals surface area (Å²) in [6.07, 6.45) is -6.05. The van der Waals surface area contributed by atoms with E-state index in [9.17, 15) is 35.9 Å². The third kappa shape index (κ3) is 12.6.